The van der Waals surface area contributed by atoms with Gasteiger partial charge in [0.1, 0.15) is 0 Å². The zero-order valence-electron chi connectivity index (χ0n) is 13.3. The van der Waals surface area contributed by atoms with Gasteiger partial charge in [-0.25, -0.2) is 0 Å². The van der Waals surface area contributed by atoms with Gasteiger partial charge in [0.15, 0.2) is 0 Å². The first kappa shape index (κ1) is 11.5. The van der Waals surface area contributed by atoms with Crippen LogP contribution in [0.4, 0.5) is 0 Å². The molecule has 0 radical (unpaired) electrons. The van der Waals surface area contributed by atoms with Crippen molar-refractivity contribution in [1.82, 2.24) is 9.80 Å². The van der Waals surface area contributed by atoms with Crippen LogP contribution in [-0.2, 0) is 0 Å². The minimum Gasteiger partial charge on any atom is -0.298 e. The molecule has 0 aromatic heterocycles. The van der Waals surface area contributed by atoms with Gasteiger partial charge in [-0.15, -0.1) is 0 Å². The Hall–Kier alpha value is -0.0800. The lowest BCUT2D eigenvalue weighted by Gasteiger charge is -3.13. The Bertz CT molecular complexity index is 446. The molecule has 0 N–H and O–H groups in total. The van der Waals surface area contributed by atoms with E-state index in [0.29, 0.717) is 0 Å². The summed E-state index contributed by atoms with van der Waals surface area (Å²) in [5, 5.41) is 0. The van der Waals surface area contributed by atoms with Crippen molar-refractivity contribution in [3.8, 4) is 0 Å². The summed E-state index contributed by atoms with van der Waals surface area (Å²) in [6.45, 7) is 15.1. The number of piperazine rings is 1. The first-order valence-corrected chi connectivity index (χ1v) is 9.08. The number of hydrogen-bond donors (Lipinski definition) is 0. The minimum atomic E-state index is 0.741. The van der Waals surface area contributed by atoms with E-state index in [0.717, 1.165) is 40.7 Å². The van der Waals surface area contributed by atoms with Crippen molar-refractivity contribution in [3.63, 3.8) is 0 Å². The zero-order chi connectivity index (χ0) is 13.6. The quantitative estimate of drug-likeness (QED) is 0.777. The Morgan fingerprint density at radius 1 is 0.750 bits per heavy atom. The molecule has 0 spiro atoms. The van der Waals surface area contributed by atoms with Gasteiger partial charge in [0, 0.05) is 37.8 Å². The number of nitrogens with zero attached hydrogens (tertiary/aromatic N) is 2. The molecule has 7 fully saturated rings. The summed E-state index contributed by atoms with van der Waals surface area (Å²) in [6, 6.07) is 0.741. The van der Waals surface area contributed by atoms with E-state index in [1.807, 2.05) is 0 Å². The van der Waals surface area contributed by atoms with Crippen molar-refractivity contribution < 1.29 is 0 Å². The molecular weight excluding hydrogens is 244 g/mol. The van der Waals surface area contributed by atoms with Gasteiger partial charge >= 0.3 is 0 Å². The van der Waals surface area contributed by atoms with Crippen LogP contribution in [0.2, 0.25) is 0 Å². The maximum atomic E-state index is 2.97. The summed E-state index contributed by atoms with van der Waals surface area (Å²) in [7, 11) is 0. The van der Waals surface area contributed by atoms with E-state index in [9.17, 15) is 0 Å². The molecule has 0 atom stereocenters. The van der Waals surface area contributed by atoms with Crippen LogP contribution in [0.5, 0.6) is 0 Å². The highest BCUT2D eigenvalue weighted by Crippen LogP contribution is 3.09. The van der Waals surface area contributed by atoms with E-state index in [1.165, 1.54) is 43.9 Å². The topological polar surface area (TPSA) is 6.48 Å². The highest BCUT2D eigenvalue weighted by molar-refractivity contribution is 5.59. The van der Waals surface area contributed by atoms with E-state index in [-0.39, 0.29) is 0 Å². The highest BCUT2D eigenvalue weighted by Gasteiger charge is 3.10. The summed E-state index contributed by atoms with van der Waals surface area (Å²) < 4.78 is 0. The maximum absolute atomic E-state index is 2.97. The van der Waals surface area contributed by atoms with Gasteiger partial charge < -0.3 is 0 Å². The van der Waals surface area contributed by atoms with Crippen LogP contribution in [-0.4, -0.2) is 47.6 Å². The van der Waals surface area contributed by atoms with Crippen LogP contribution >= 0.6 is 0 Å². The van der Waals surface area contributed by atoms with Gasteiger partial charge in [0.25, 0.3) is 0 Å². The standard InChI is InChI=1S/C18H28N2/c1-9(2)17-11-14-12(17)16-13(17)15(11)18(14,16)20-7-5-19(6-8-20)10(3)4/h9-16H,5-8H2,1-4H3. The van der Waals surface area contributed by atoms with Crippen molar-refractivity contribution in [2.75, 3.05) is 26.2 Å². The summed E-state index contributed by atoms with van der Waals surface area (Å²) >= 11 is 0. The Kier molecular flexibility index (Phi) is 1.65. The largest absolute Gasteiger partial charge is 0.298 e. The Labute approximate surface area is 122 Å². The predicted molar refractivity (Wildman–Crippen MR) is 79.2 cm³/mol. The van der Waals surface area contributed by atoms with Crippen LogP contribution in [0.25, 0.3) is 0 Å². The van der Waals surface area contributed by atoms with Gasteiger partial charge in [-0.3, -0.25) is 9.80 Å². The van der Waals surface area contributed by atoms with E-state index in [4.69, 9.17) is 0 Å². The molecule has 0 bridgehead atoms. The van der Waals surface area contributed by atoms with Gasteiger partial charge in [-0.2, -0.15) is 0 Å². The first-order chi connectivity index (χ1) is 9.59. The predicted octanol–water partition coefficient (Wildman–Crippen LogP) is 2.16. The van der Waals surface area contributed by atoms with Gasteiger partial charge in [0.05, 0.1) is 0 Å². The Morgan fingerprint density at radius 2 is 1.25 bits per heavy atom. The molecule has 7 rings (SSSR count). The average Bonchev–Trinajstić information content (AvgIpc) is 2.46. The first-order valence-electron chi connectivity index (χ1n) is 9.08. The van der Waals surface area contributed by atoms with Crippen LogP contribution in [0.1, 0.15) is 27.7 Å². The average molecular weight is 272 g/mol. The molecule has 0 amide bonds. The summed E-state index contributed by atoms with van der Waals surface area (Å²) in [6.07, 6.45) is 0. The molecule has 7 aliphatic rings. The van der Waals surface area contributed by atoms with Crippen molar-refractivity contribution in [3.05, 3.63) is 0 Å². The molecule has 0 unspecified atom stereocenters. The summed E-state index contributed by atoms with van der Waals surface area (Å²) in [5.41, 5.74) is 1.67. The molecule has 110 valence electrons. The summed E-state index contributed by atoms with van der Waals surface area (Å²) in [4.78, 5) is 5.65. The number of rotatable bonds is 3. The van der Waals surface area contributed by atoms with E-state index >= 15 is 0 Å². The molecular formula is C18H28N2. The van der Waals surface area contributed by atoms with Gasteiger partial charge in [0.2, 0.25) is 0 Å². The van der Waals surface area contributed by atoms with Crippen LogP contribution in [0, 0.1) is 46.8 Å². The van der Waals surface area contributed by atoms with Gasteiger partial charge in [-0.05, 0) is 60.7 Å². The second kappa shape index (κ2) is 2.88. The third-order valence-corrected chi connectivity index (χ3v) is 9.25. The maximum Gasteiger partial charge on any atom is 0.0312 e. The molecule has 2 heteroatoms. The third-order valence-electron chi connectivity index (χ3n) is 9.25. The molecule has 1 heterocycles. The highest BCUT2D eigenvalue weighted by atomic mass is 15.4. The third kappa shape index (κ3) is 0.695. The lowest BCUT2D eigenvalue weighted by molar-refractivity contribution is -0.653. The molecule has 20 heavy (non-hydrogen) atoms. The lowest BCUT2D eigenvalue weighted by Crippen LogP contribution is -3.15. The zero-order valence-corrected chi connectivity index (χ0v) is 13.3. The van der Waals surface area contributed by atoms with Crippen LogP contribution < -0.4 is 0 Å². The molecule has 1 aliphatic heterocycles. The molecule has 6 aliphatic carbocycles. The van der Waals surface area contributed by atoms with Crippen molar-refractivity contribution in [1.29, 1.82) is 0 Å². The van der Waals surface area contributed by atoms with Crippen molar-refractivity contribution >= 4 is 0 Å². The lowest BCUT2D eigenvalue weighted by atomic mass is 8.93. The van der Waals surface area contributed by atoms with Crippen LogP contribution in [0.3, 0.4) is 0 Å². The van der Waals surface area contributed by atoms with Crippen molar-refractivity contribution in [2.45, 2.75) is 39.3 Å². The SMILES string of the molecule is CC(C)N1CCN(C23C4C5C2C2C3C4C52C(C)C)CC1. The molecule has 0 aromatic carbocycles. The van der Waals surface area contributed by atoms with Crippen molar-refractivity contribution in [2.24, 2.45) is 46.8 Å². The fourth-order valence-corrected chi connectivity index (χ4v) is 8.97. The normalized spacial score (nSPS) is 65.1. The van der Waals surface area contributed by atoms with E-state index < -0.39 is 0 Å². The molecule has 1 saturated heterocycles. The molecule has 2 nitrogen and oxygen atoms in total. The fourth-order valence-electron chi connectivity index (χ4n) is 8.97. The Balaban J connectivity index is 1.23. The van der Waals surface area contributed by atoms with E-state index in [2.05, 4.69) is 37.5 Å². The second-order valence-electron chi connectivity index (χ2n) is 9.31. The summed E-state index contributed by atoms with van der Waals surface area (Å²) in [5.74, 6) is 8.02. The fraction of sp³-hybridized carbons (Fsp3) is 1.00. The molecule has 0 aromatic rings. The van der Waals surface area contributed by atoms with Crippen LogP contribution in [0.15, 0.2) is 0 Å². The monoisotopic (exact) mass is 272 g/mol. The minimum absolute atomic E-state index is 0.741. The van der Waals surface area contributed by atoms with E-state index in [1.54, 1.807) is 0 Å². The molecule has 6 saturated carbocycles. The smallest absolute Gasteiger partial charge is 0.0312 e. The van der Waals surface area contributed by atoms with Gasteiger partial charge in [-0.1, -0.05) is 13.8 Å². The Morgan fingerprint density at radius 3 is 1.65 bits per heavy atom. The number of hydrogen-bond acceptors (Lipinski definition) is 2. The second-order valence-corrected chi connectivity index (χ2v) is 9.31.